The van der Waals surface area contributed by atoms with Crippen LogP contribution in [0.15, 0.2) is 12.7 Å². The topological polar surface area (TPSA) is 81.1 Å². The Morgan fingerprint density at radius 2 is 2.04 bits per heavy atom. The molecule has 2 heterocycles. The molecule has 3 unspecified atom stereocenters. The van der Waals surface area contributed by atoms with Crippen molar-refractivity contribution in [2.75, 3.05) is 13.2 Å². The van der Waals surface area contributed by atoms with E-state index in [4.69, 9.17) is 4.74 Å². The minimum absolute atomic E-state index is 0.0130. The number of unbranched alkanes of at least 4 members (excludes halogenated alkanes) is 1. The number of fused-ring (bicyclic) bond motifs is 2. The highest BCUT2D eigenvalue weighted by atomic mass is 16.5. The maximum Gasteiger partial charge on any atom is 0.315 e. The molecule has 1 saturated heterocycles. The molecular formula is C17H27N5O2. The molecule has 7 heteroatoms. The first kappa shape index (κ1) is 15.9. The lowest BCUT2D eigenvalue weighted by atomic mass is 9.54. The summed E-state index contributed by atoms with van der Waals surface area (Å²) in [6.07, 6.45) is 11.8. The summed E-state index contributed by atoms with van der Waals surface area (Å²) in [4.78, 5) is 12.3. The zero-order valence-electron chi connectivity index (χ0n) is 14.1. The number of ether oxygens (including phenoxy) is 1. The van der Waals surface area contributed by atoms with Crippen LogP contribution in [0.2, 0.25) is 0 Å². The van der Waals surface area contributed by atoms with Gasteiger partial charge in [0.15, 0.2) is 0 Å². The van der Waals surface area contributed by atoms with Crippen molar-refractivity contribution in [1.29, 1.82) is 0 Å². The summed E-state index contributed by atoms with van der Waals surface area (Å²) in [6, 6.07) is 0.297. The lowest BCUT2D eigenvalue weighted by Gasteiger charge is -2.56. The lowest BCUT2D eigenvalue weighted by molar-refractivity contribution is -0.126. The van der Waals surface area contributed by atoms with E-state index in [0.29, 0.717) is 24.6 Å². The highest BCUT2D eigenvalue weighted by Gasteiger charge is 2.65. The second kappa shape index (κ2) is 6.70. The smallest absolute Gasteiger partial charge is 0.315 e. The third-order valence-corrected chi connectivity index (χ3v) is 6.17. The molecule has 2 aliphatic carbocycles. The Morgan fingerprint density at radius 3 is 2.83 bits per heavy atom. The van der Waals surface area contributed by atoms with Gasteiger partial charge >= 0.3 is 6.03 Å². The van der Waals surface area contributed by atoms with Crippen LogP contribution in [0.4, 0.5) is 4.79 Å². The van der Waals surface area contributed by atoms with Crippen LogP contribution in [-0.4, -0.2) is 46.1 Å². The number of amides is 2. The summed E-state index contributed by atoms with van der Waals surface area (Å²) in [6.45, 7) is 2.46. The third kappa shape index (κ3) is 2.79. The SMILES string of the molecule is O=C(NCCCCn1cnnc1)NC1C2CCOC2C12CCCC2. The molecule has 1 aromatic rings. The number of hydrogen-bond donors (Lipinski definition) is 2. The van der Waals surface area contributed by atoms with Gasteiger partial charge in [0, 0.05) is 37.1 Å². The first-order valence-electron chi connectivity index (χ1n) is 9.28. The largest absolute Gasteiger partial charge is 0.377 e. The Kier molecular flexibility index (Phi) is 4.43. The number of rotatable bonds is 6. The zero-order valence-corrected chi connectivity index (χ0v) is 14.1. The maximum absolute atomic E-state index is 12.3. The van der Waals surface area contributed by atoms with Crippen molar-refractivity contribution in [3.05, 3.63) is 12.7 Å². The summed E-state index contributed by atoms with van der Waals surface area (Å²) in [7, 11) is 0. The van der Waals surface area contributed by atoms with E-state index in [1.807, 2.05) is 4.57 Å². The predicted molar refractivity (Wildman–Crippen MR) is 88.3 cm³/mol. The summed E-state index contributed by atoms with van der Waals surface area (Å²) in [5.74, 6) is 0.530. The molecule has 1 aromatic heterocycles. The Hall–Kier alpha value is -1.63. The molecule has 1 aliphatic heterocycles. The number of nitrogens with one attached hydrogen (secondary N) is 2. The molecule has 24 heavy (non-hydrogen) atoms. The van der Waals surface area contributed by atoms with Crippen molar-refractivity contribution in [1.82, 2.24) is 25.4 Å². The van der Waals surface area contributed by atoms with Crippen LogP contribution in [0.3, 0.4) is 0 Å². The Morgan fingerprint density at radius 1 is 1.25 bits per heavy atom. The average Bonchev–Trinajstić information content (AvgIpc) is 3.31. The first-order valence-corrected chi connectivity index (χ1v) is 9.28. The first-order chi connectivity index (χ1) is 11.8. The molecule has 0 bridgehead atoms. The van der Waals surface area contributed by atoms with Crippen molar-refractivity contribution < 1.29 is 9.53 Å². The van der Waals surface area contributed by atoms with Crippen LogP contribution in [0.1, 0.15) is 44.9 Å². The quantitative estimate of drug-likeness (QED) is 0.777. The predicted octanol–water partition coefficient (Wildman–Crippen LogP) is 1.71. The van der Waals surface area contributed by atoms with E-state index < -0.39 is 0 Å². The van der Waals surface area contributed by atoms with Gasteiger partial charge in [-0.05, 0) is 32.1 Å². The van der Waals surface area contributed by atoms with Crippen molar-refractivity contribution in [2.24, 2.45) is 11.3 Å². The molecule has 2 N–H and O–H groups in total. The second-order valence-corrected chi connectivity index (χ2v) is 7.47. The third-order valence-electron chi connectivity index (χ3n) is 6.17. The highest BCUT2D eigenvalue weighted by Crippen LogP contribution is 2.60. The number of aryl methyl sites for hydroxylation is 1. The van der Waals surface area contributed by atoms with E-state index in [-0.39, 0.29) is 11.4 Å². The molecule has 3 atom stereocenters. The van der Waals surface area contributed by atoms with Crippen molar-refractivity contribution >= 4 is 6.03 Å². The van der Waals surface area contributed by atoms with Gasteiger partial charge in [0.05, 0.1) is 6.10 Å². The van der Waals surface area contributed by atoms with Gasteiger partial charge in [-0.25, -0.2) is 4.79 Å². The zero-order chi connectivity index (χ0) is 16.4. The maximum atomic E-state index is 12.3. The summed E-state index contributed by atoms with van der Waals surface area (Å²) in [5, 5.41) is 13.9. The van der Waals surface area contributed by atoms with Gasteiger partial charge in [-0.15, -0.1) is 10.2 Å². The molecule has 3 aliphatic rings. The van der Waals surface area contributed by atoms with E-state index in [2.05, 4.69) is 20.8 Å². The van der Waals surface area contributed by atoms with Gasteiger partial charge in [0.2, 0.25) is 0 Å². The molecule has 2 amide bonds. The molecule has 2 saturated carbocycles. The fourth-order valence-electron chi connectivity index (χ4n) is 5.06. The fourth-order valence-corrected chi connectivity index (χ4v) is 5.06. The number of carbonyl (C=O) groups is 1. The normalized spacial score (nSPS) is 30.1. The Bertz CT molecular complexity index is 555. The number of urea groups is 1. The second-order valence-electron chi connectivity index (χ2n) is 7.47. The highest BCUT2D eigenvalue weighted by molar-refractivity contribution is 5.74. The monoisotopic (exact) mass is 333 g/mol. The van der Waals surface area contributed by atoms with Crippen LogP contribution < -0.4 is 10.6 Å². The number of hydrogen-bond acceptors (Lipinski definition) is 4. The Labute approximate surface area is 142 Å². The van der Waals surface area contributed by atoms with Crippen LogP contribution in [0.5, 0.6) is 0 Å². The summed E-state index contributed by atoms with van der Waals surface area (Å²) >= 11 is 0. The van der Waals surface area contributed by atoms with Crippen LogP contribution in [0, 0.1) is 11.3 Å². The van der Waals surface area contributed by atoms with E-state index in [1.54, 1.807) is 12.7 Å². The molecule has 0 aromatic carbocycles. The van der Waals surface area contributed by atoms with E-state index >= 15 is 0 Å². The average molecular weight is 333 g/mol. The van der Waals surface area contributed by atoms with Crippen LogP contribution >= 0.6 is 0 Å². The molecule has 7 nitrogen and oxygen atoms in total. The molecule has 1 spiro atoms. The molecule has 3 fully saturated rings. The number of nitrogens with zero attached hydrogens (tertiary/aromatic N) is 3. The van der Waals surface area contributed by atoms with Gasteiger partial charge in [-0.2, -0.15) is 0 Å². The van der Waals surface area contributed by atoms with Crippen molar-refractivity contribution in [3.8, 4) is 0 Å². The fraction of sp³-hybridized carbons (Fsp3) is 0.824. The van der Waals surface area contributed by atoms with E-state index in [1.165, 1.54) is 25.7 Å². The Balaban J connectivity index is 1.20. The van der Waals surface area contributed by atoms with Crippen LogP contribution in [0.25, 0.3) is 0 Å². The van der Waals surface area contributed by atoms with E-state index in [0.717, 1.165) is 32.4 Å². The van der Waals surface area contributed by atoms with Crippen molar-refractivity contribution in [3.63, 3.8) is 0 Å². The summed E-state index contributed by atoms with van der Waals surface area (Å²) in [5.41, 5.74) is 0.229. The lowest BCUT2D eigenvalue weighted by Crippen LogP contribution is -2.69. The molecule has 132 valence electrons. The van der Waals surface area contributed by atoms with Crippen LogP contribution in [-0.2, 0) is 11.3 Å². The van der Waals surface area contributed by atoms with Crippen molar-refractivity contribution in [2.45, 2.75) is 63.6 Å². The van der Waals surface area contributed by atoms with Gasteiger partial charge in [0.1, 0.15) is 12.7 Å². The standard InChI is InChI=1S/C17H27N5O2/c23-16(18-8-3-4-9-22-11-19-20-12-22)21-14-13-5-10-24-15(13)17(14)6-1-2-7-17/h11-15H,1-10H2,(H2,18,21,23). The van der Waals surface area contributed by atoms with Gasteiger partial charge in [0.25, 0.3) is 0 Å². The molecule has 0 radical (unpaired) electrons. The van der Waals surface area contributed by atoms with Gasteiger partial charge in [-0.1, -0.05) is 12.8 Å². The molecular weight excluding hydrogens is 306 g/mol. The van der Waals surface area contributed by atoms with Gasteiger partial charge in [-0.3, -0.25) is 0 Å². The minimum atomic E-state index is -0.0130. The summed E-state index contributed by atoms with van der Waals surface area (Å²) < 4.78 is 7.92. The van der Waals surface area contributed by atoms with Gasteiger partial charge < -0.3 is 19.9 Å². The number of carbonyl (C=O) groups excluding carboxylic acids is 1. The van der Waals surface area contributed by atoms with E-state index in [9.17, 15) is 4.79 Å². The number of aromatic nitrogens is 3. The minimum Gasteiger partial charge on any atom is -0.377 e. The molecule has 4 rings (SSSR count).